The SMILES string of the molecule is CC(=O)c1sc(NC(=O)c2ccc(S(=O)(=O)N3C[C@H](C)C[C@@H](C)C3)cc2)nc1-c1ccccc1. The Kier molecular flexibility index (Phi) is 6.97. The molecule has 34 heavy (non-hydrogen) atoms. The van der Waals surface area contributed by atoms with Crippen LogP contribution in [0.4, 0.5) is 5.13 Å². The van der Waals surface area contributed by atoms with Crippen molar-refractivity contribution in [1.29, 1.82) is 0 Å². The lowest BCUT2D eigenvalue weighted by Crippen LogP contribution is -2.42. The first kappa shape index (κ1) is 24.3. The molecular formula is C25H27N3O4S2. The van der Waals surface area contributed by atoms with E-state index in [1.807, 2.05) is 30.3 Å². The first-order valence-electron chi connectivity index (χ1n) is 11.1. The molecule has 2 atom stereocenters. The second-order valence-corrected chi connectivity index (χ2v) is 11.8. The lowest BCUT2D eigenvalue weighted by atomic mass is 9.94. The monoisotopic (exact) mass is 497 g/mol. The predicted molar refractivity (Wildman–Crippen MR) is 134 cm³/mol. The number of carbonyl (C=O) groups is 2. The Bertz CT molecular complexity index is 1290. The highest BCUT2D eigenvalue weighted by Gasteiger charge is 2.31. The molecule has 1 saturated heterocycles. The molecule has 0 saturated carbocycles. The van der Waals surface area contributed by atoms with Gasteiger partial charge in [0.2, 0.25) is 10.0 Å². The Hall–Kier alpha value is -2.88. The summed E-state index contributed by atoms with van der Waals surface area (Å²) in [5, 5.41) is 3.04. The fourth-order valence-electron chi connectivity index (χ4n) is 4.30. The van der Waals surface area contributed by atoms with Crippen molar-refractivity contribution < 1.29 is 18.0 Å². The number of hydrogen-bond donors (Lipinski definition) is 1. The zero-order valence-corrected chi connectivity index (χ0v) is 20.9. The molecule has 3 aromatic rings. The van der Waals surface area contributed by atoms with Crippen LogP contribution in [0.15, 0.2) is 59.5 Å². The first-order valence-corrected chi connectivity index (χ1v) is 13.4. The molecule has 1 N–H and O–H groups in total. The zero-order chi connectivity index (χ0) is 24.5. The molecule has 4 rings (SSSR count). The van der Waals surface area contributed by atoms with Crippen molar-refractivity contribution in [2.24, 2.45) is 11.8 Å². The zero-order valence-electron chi connectivity index (χ0n) is 19.3. The maximum absolute atomic E-state index is 13.1. The Labute approximate surface area is 203 Å². The van der Waals surface area contributed by atoms with Gasteiger partial charge in [-0.15, -0.1) is 0 Å². The normalized spacial score (nSPS) is 19.0. The predicted octanol–water partition coefficient (Wildman–Crippen LogP) is 4.93. The van der Waals surface area contributed by atoms with E-state index in [2.05, 4.69) is 24.1 Å². The number of carbonyl (C=O) groups excluding carboxylic acids is 2. The van der Waals surface area contributed by atoms with Crippen LogP contribution in [0.5, 0.6) is 0 Å². The highest BCUT2D eigenvalue weighted by atomic mass is 32.2. The molecule has 1 aliphatic rings. The van der Waals surface area contributed by atoms with E-state index in [0.29, 0.717) is 46.2 Å². The van der Waals surface area contributed by atoms with Crippen LogP contribution in [-0.4, -0.2) is 42.5 Å². The molecule has 2 aromatic carbocycles. The standard InChI is InChI=1S/C25H27N3O4S2/c1-16-13-17(2)15-28(14-16)34(31,32)21-11-9-20(10-12-21)24(30)27-25-26-22(23(33-25)18(3)29)19-7-5-4-6-8-19/h4-12,16-17H,13-15H2,1-3H3,(H,26,27,30)/t16-,17-/m1/s1. The molecule has 0 bridgehead atoms. The summed E-state index contributed by atoms with van der Waals surface area (Å²) in [7, 11) is -3.62. The number of Topliss-reactive ketones (excluding diaryl/α,β-unsaturated/α-hetero) is 1. The summed E-state index contributed by atoms with van der Waals surface area (Å²) in [5.74, 6) is 0.0606. The van der Waals surface area contributed by atoms with Crippen LogP contribution in [-0.2, 0) is 10.0 Å². The molecule has 0 radical (unpaired) electrons. The lowest BCUT2D eigenvalue weighted by Gasteiger charge is -2.34. The fourth-order valence-corrected chi connectivity index (χ4v) is 6.86. The number of rotatable bonds is 6. The smallest absolute Gasteiger partial charge is 0.257 e. The molecule has 9 heteroatoms. The van der Waals surface area contributed by atoms with Crippen LogP contribution in [0, 0.1) is 11.8 Å². The topological polar surface area (TPSA) is 96.4 Å². The molecule has 2 heterocycles. The van der Waals surface area contributed by atoms with Crippen molar-refractivity contribution in [2.45, 2.75) is 32.1 Å². The Morgan fingerprint density at radius 1 is 1.00 bits per heavy atom. The molecule has 0 spiro atoms. The molecule has 1 aliphatic heterocycles. The number of nitrogens with one attached hydrogen (secondary N) is 1. The summed E-state index contributed by atoms with van der Waals surface area (Å²) < 4.78 is 27.7. The van der Waals surface area contributed by atoms with Gasteiger partial charge in [-0.05, 0) is 42.5 Å². The van der Waals surface area contributed by atoms with Gasteiger partial charge >= 0.3 is 0 Å². The van der Waals surface area contributed by atoms with Crippen molar-refractivity contribution in [3.63, 3.8) is 0 Å². The Balaban J connectivity index is 1.52. The number of ketones is 1. The van der Waals surface area contributed by atoms with E-state index in [9.17, 15) is 18.0 Å². The number of piperidine rings is 1. The molecule has 0 unspecified atom stereocenters. The van der Waals surface area contributed by atoms with Gasteiger partial charge in [-0.3, -0.25) is 14.9 Å². The second-order valence-electron chi connectivity index (χ2n) is 8.87. The maximum atomic E-state index is 13.1. The lowest BCUT2D eigenvalue weighted by molar-refractivity contribution is 0.101. The summed E-state index contributed by atoms with van der Waals surface area (Å²) in [6.07, 6.45) is 1.01. The average Bonchev–Trinajstić information content (AvgIpc) is 3.23. The number of anilines is 1. The van der Waals surface area contributed by atoms with Gasteiger partial charge in [-0.25, -0.2) is 13.4 Å². The van der Waals surface area contributed by atoms with E-state index in [1.54, 1.807) is 0 Å². The van der Waals surface area contributed by atoms with E-state index in [-0.39, 0.29) is 10.7 Å². The van der Waals surface area contributed by atoms with Crippen molar-refractivity contribution >= 4 is 38.2 Å². The molecular weight excluding hydrogens is 470 g/mol. The number of amides is 1. The van der Waals surface area contributed by atoms with Crippen LogP contribution in [0.25, 0.3) is 11.3 Å². The van der Waals surface area contributed by atoms with Gasteiger partial charge in [0.1, 0.15) is 0 Å². The van der Waals surface area contributed by atoms with Crippen molar-refractivity contribution in [1.82, 2.24) is 9.29 Å². The number of sulfonamides is 1. The van der Waals surface area contributed by atoms with Crippen molar-refractivity contribution in [2.75, 3.05) is 18.4 Å². The van der Waals surface area contributed by atoms with E-state index in [1.165, 1.54) is 35.5 Å². The van der Waals surface area contributed by atoms with E-state index < -0.39 is 15.9 Å². The van der Waals surface area contributed by atoms with Gasteiger partial charge in [0, 0.05) is 31.1 Å². The van der Waals surface area contributed by atoms with E-state index >= 15 is 0 Å². The first-order chi connectivity index (χ1) is 16.1. The average molecular weight is 498 g/mol. The van der Waals surface area contributed by atoms with E-state index in [0.717, 1.165) is 23.3 Å². The number of nitrogens with zero attached hydrogens (tertiary/aromatic N) is 2. The molecule has 1 aromatic heterocycles. The number of benzene rings is 2. The Morgan fingerprint density at radius 3 is 2.21 bits per heavy atom. The van der Waals surface area contributed by atoms with Gasteiger partial charge in [0.25, 0.3) is 5.91 Å². The summed E-state index contributed by atoms with van der Waals surface area (Å²) in [6.45, 7) is 6.59. The fraction of sp³-hybridized carbons (Fsp3) is 0.320. The number of hydrogen-bond acceptors (Lipinski definition) is 6. The molecule has 0 aliphatic carbocycles. The van der Waals surface area contributed by atoms with Gasteiger partial charge in [0.05, 0.1) is 15.5 Å². The van der Waals surface area contributed by atoms with Crippen LogP contribution in [0.3, 0.4) is 0 Å². The van der Waals surface area contributed by atoms with Crippen molar-refractivity contribution in [3.05, 3.63) is 65.0 Å². The minimum Gasteiger partial charge on any atom is -0.298 e. The van der Waals surface area contributed by atoms with Crippen molar-refractivity contribution in [3.8, 4) is 11.3 Å². The van der Waals surface area contributed by atoms with Gasteiger partial charge < -0.3 is 0 Å². The van der Waals surface area contributed by atoms with Crippen LogP contribution >= 0.6 is 11.3 Å². The van der Waals surface area contributed by atoms with Crippen LogP contribution < -0.4 is 5.32 Å². The van der Waals surface area contributed by atoms with Gasteiger partial charge in [-0.2, -0.15) is 4.31 Å². The minimum atomic E-state index is -3.62. The summed E-state index contributed by atoms with van der Waals surface area (Å²) >= 11 is 1.12. The third-order valence-electron chi connectivity index (χ3n) is 5.80. The highest BCUT2D eigenvalue weighted by molar-refractivity contribution is 7.89. The Morgan fingerprint density at radius 2 is 1.62 bits per heavy atom. The summed E-state index contributed by atoms with van der Waals surface area (Å²) in [6, 6.07) is 15.2. The highest BCUT2D eigenvalue weighted by Crippen LogP contribution is 2.32. The van der Waals surface area contributed by atoms with Gasteiger partial charge in [0.15, 0.2) is 10.9 Å². The molecule has 178 valence electrons. The van der Waals surface area contributed by atoms with Gasteiger partial charge in [-0.1, -0.05) is 55.5 Å². The summed E-state index contributed by atoms with van der Waals surface area (Å²) in [5.41, 5.74) is 1.63. The maximum Gasteiger partial charge on any atom is 0.257 e. The number of aromatic nitrogens is 1. The van der Waals surface area contributed by atoms with Crippen LogP contribution in [0.2, 0.25) is 0 Å². The van der Waals surface area contributed by atoms with Crippen LogP contribution in [0.1, 0.15) is 47.2 Å². The third-order valence-corrected chi connectivity index (χ3v) is 8.72. The quantitative estimate of drug-likeness (QED) is 0.487. The summed E-state index contributed by atoms with van der Waals surface area (Å²) in [4.78, 5) is 30.0. The molecule has 1 fully saturated rings. The van der Waals surface area contributed by atoms with E-state index in [4.69, 9.17) is 0 Å². The second kappa shape index (κ2) is 9.77. The minimum absolute atomic E-state index is 0.132. The molecule has 1 amide bonds. The number of thiazole rings is 1. The molecule has 7 nitrogen and oxygen atoms in total. The third kappa shape index (κ3) is 5.11. The largest absolute Gasteiger partial charge is 0.298 e.